The molecule has 9 heteroatoms. The molecule has 1 heterocycles. The van der Waals surface area contributed by atoms with Gasteiger partial charge in [-0.15, -0.1) is 0 Å². The van der Waals surface area contributed by atoms with Gasteiger partial charge in [-0.05, 0) is 74.0 Å². The van der Waals surface area contributed by atoms with Gasteiger partial charge >= 0.3 is 0 Å². The highest BCUT2D eigenvalue weighted by Crippen LogP contribution is 2.53. The summed E-state index contributed by atoms with van der Waals surface area (Å²) in [5.74, 6) is -1.81. The Balaban J connectivity index is 1.47. The molecule has 2 aromatic carbocycles. The van der Waals surface area contributed by atoms with Crippen molar-refractivity contribution in [1.82, 2.24) is 4.90 Å². The van der Waals surface area contributed by atoms with Crippen LogP contribution >= 0.6 is 0 Å². The zero-order valence-corrected chi connectivity index (χ0v) is 20.7. The van der Waals surface area contributed by atoms with Crippen molar-refractivity contribution in [2.75, 3.05) is 29.7 Å². The lowest BCUT2D eigenvalue weighted by Gasteiger charge is -2.38. The van der Waals surface area contributed by atoms with E-state index in [1.807, 2.05) is 0 Å². The number of piperidine rings is 1. The Morgan fingerprint density at radius 2 is 1.86 bits per heavy atom. The molecule has 1 saturated carbocycles. The first-order valence-electron chi connectivity index (χ1n) is 12.4. The first-order valence-corrected chi connectivity index (χ1v) is 13.9. The first kappa shape index (κ1) is 24.2. The Morgan fingerprint density at radius 1 is 1.11 bits per heavy atom. The van der Waals surface area contributed by atoms with Crippen molar-refractivity contribution in [2.45, 2.75) is 68.2 Å². The summed E-state index contributed by atoms with van der Waals surface area (Å²) < 4.78 is 56.0. The van der Waals surface area contributed by atoms with Crippen LogP contribution in [0.1, 0.15) is 56.6 Å². The van der Waals surface area contributed by atoms with Crippen molar-refractivity contribution in [3.8, 4) is 0 Å². The van der Waals surface area contributed by atoms with Gasteiger partial charge in [0.15, 0.2) is 0 Å². The number of nitrogens with zero attached hydrogens (tertiary/aromatic N) is 1. The number of anilines is 2. The van der Waals surface area contributed by atoms with E-state index in [0.717, 1.165) is 87.1 Å². The molecule has 2 aromatic rings. The van der Waals surface area contributed by atoms with Crippen LogP contribution in [0.3, 0.4) is 0 Å². The van der Waals surface area contributed by atoms with E-state index >= 15 is 0 Å². The molecule has 188 valence electrons. The molecule has 2 fully saturated rings. The fraction of sp³-hybridized carbons (Fsp3) is 0.500. The number of halogens is 2. The molecule has 5 rings (SSSR count). The van der Waals surface area contributed by atoms with E-state index in [1.54, 1.807) is 12.1 Å². The lowest BCUT2D eigenvalue weighted by Crippen LogP contribution is -2.39. The molecule has 3 aliphatic rings. The highest BCUT2D eigenvalue weighted by molar-refractivity contribution is 7.92. The highest BCUT2D eigenvalue weighted by Gasteiger charge is 2.51. The molecule has 0 radical (unpaired) electrons. The maximum Gasteiger partial charge on any atom is 0.264 e. The minimum absolute atomic E-state index is 0.184. The molecule has 0 amide bonds. The molecule has 0 unspecified atom stereocenters. The summed E-state index contributed by atoms with van der Waals surface area (Å²) in [6, 6.07) is 6.05. The Bertz CT molecular complexity index is 1250. The number of rotatable bonds is 7. The average molecular weight is 504 g/mol. The van der Waals surface area contributed by atoms with Crippen molar-refractivity contribution in [1.29, 1.82) is 0 Å². The van der Waals surface area contributed by atoms with Gasteiger partial charge in [-0.3, -0.25) is 9.52 Å². The summed E-state index contributed by atoms with van der Waals surface area (Å²) in [6.45, 7) is 5.24. The van der Waals surface area contributed by atoms with Crippen molar-refractivity contribution < 1.29 is 22.0 Å². The summed E-state index contributed by atoms with van der Waals surface area (Å²) in [5.41, 5.74) is 2.32. The second-order valence-electron chi connectivity index (χ2n) is 10.0. The normalized spacial score (nSPS) is 20.0. The second kappa shape index (κ2) is 9.17. The first-order chi connectivity index (χ1) is 16.7. The van der Waals surface area contributed by atoms with Gasteiger partial charge in [0.2, 0.25) is 0 Å². The zero-order chi connectivity index (χ0) is 24.8. The summed E-state index contributed by atoms with van der Waals surface area (Å²) in [4.78, 5) is 14.9. The number of benzene rings is 2. The summed E-state index contributed by atoms with van der Waals surface area (Å²) in [7, 11) is -4.29. The third-order valence-electron chi connectivity index (χ3n) is 7.77. The number of hydrogen-bond donors (Lipinski definition) is 2. The minimum Gasteiger partial charge on any atom is -0.382 e. The van der Waals surface area contributed by atoms with Gasteiger partial charge in [0.1, 0.15) is 22.3 Å². The zero-order valence-electron chi connectivity index (χ0n) is 19.9. The van der Waals surface area contributed by atoms with Crippen LogP contribution in [-0.2, 0) is 26.7 Å². The summed E-state index contributed by atoms with van der Waals surface area (Å²) in [5, 5.41) is 3.60. The Kier molecular flexibility index (Phi) is 6.34. The summed E-state index contributed by atoms with van der Waals surface area (Å²) >= 11 is 0. The van der Waals surface area contributed by atoms with E-state index in [4.69, 9.17) is 0 Å². The van der Waals surface area contributed by atoms with Gasteiger partial charge in [-0.1, -0.05) is 13.3 Å². The Labute approximate surface area is 205 Å². The number of carbonyl (C=O) groups is 1. The molecule has 2 aliphatic carbocycles. The van der Waals surface area contributed by atoms with Crippen molar-refractivity contribution in [3.63, 3.8) is 0 Å². The van der Waals surface area contributed by atoms with Gasteiger partial charge < -0.3 is 10.2 Å². The molecule has 0 aromatic heterocycles. The van der Waals surface area contributed by atoms with E-state index in [9.17, 15) is 22.0 Å². The van der Waals surface area contributed by atoms with E-state index in [-0.39, 0.29) is 17.5 Å². The largest absolute Gasteiger partial charge is 0.382 e. The van der Waals surface area contributed by atoms with Crippen LogP contribution in [0.4, 0.5) is 20.2 Å². The van der Waals surface area contributed by atoms with E-state index in [0.29, 0.717) is 12.5 Å². The van der Waals surface area contributed by atoms with Crippen molar-refractivity contribution in [2.24, 2.45) is 0 Å². The van der Waals surface area contributed by atoms with E-state index in [1.165, 1.54) is 0 Å². The Morgan fingerprint density at radius 3 is 2.49 bits per heavy atom. The second-order valence-corrected chi connectivity index (χ2v) is 11.7. The van der Waals surface area contributed by atoms with E-state index in [2.05, 4.69) is 21.9 Å². The quantitative estimate of drug-likeness (QED) is 0.578. The smallest absolute Gasteiger partial charge is 0.264 e. The van der Waals surface area contributed by atoms with Crippen LogP contribution in [-0.4, -0.2) is 44.8 Å². The average Bonchev–Trinajstić information content (AvgIpc) is 3.07. The number of carbonyl (C=O) groups excluding carboxylic acids is 1. The molecule has 1 saturated heterocycles. The third-order valence-corrected chi connectivity index (χ3v) is 9.18. The number of hydrogen-bond acceptors (Lipinski definition) is 5. The molecule has 0 bridgehead atoms. The SMILES string of the molecule is CCCN1CCC(Nc2cc(NS(=O)(=O)c3ccc(F)cc3F)cc3c2CC(=O)C32CCC2)CC1. The van der Waals surface area contributed by atoms with Gasteiger partial charge in [-0.25, -0.2) is 17.2 Å². The summed E-state index contributed by atoms with van der Waals surface area (Å²) in [6.07, 6.45) is 5.86. The number of fused-ring (bicyclic) bond motifs is 2. The maximum atomic E-state index is 14.3. The van der Waals surface area contributed by atoms with Crippen molar-refractivity contribution in [3.05, 3.63) is 53.1 Å². The van der Waals surface area contributed by atoms with Crippen LogP contribution in [0.15, 0.2) is 35.2 Å². The molecule has 6 nitrogen and oxygen atoms in total. The maximum absolute atomic E-state index is 14.3. The van der Waals surface area contributed by atoms with Crippen LogP contribution in [0.25, 0.3) is 0 Å². The van der Waals surface area contributed by atoms with Crippen LogP contribution in [0.2, 0.25) is 0 Å². The molecule has 35 heavy (non-hydrogen) atoms. The Hall–Kier alpha value is -2.52. The van der Waals surface area contributed by atoms with E-state index < -0.39 is 32.0 Å². The van der Waals surface area contributed by atoms with Gasteiger partial charge in [0.25, 0.3) is 10.0 Å². The van der Waals surface area contributed by atoms with Gasteiger partial charge in [0, 0.05) is 37.3 Å². The van der Waals surface area contributed by atoms with Crippen LogP contribution in [0, 0.1) is 11.6 Å². The fourth-order valence-corrected chi connectivity index (χ4v) is 6.88. The standard InChI is InChI=1S/C26H31F2N3O3S/c1-2-10-31-11-6-18(7-12-31)29-23-15-19(14-21-20(23)16-25(32)26(21)8-3-9-26)30-35(33,34)24-5-4-17(27)13-22(24)28/h4-5,13-15,18,29-30H,2-3,6-12,16H2,1H3. The van der Waals surface area contributed by atoms with Crippen molar-refractivity contribution >= 4 is 27.2 Å². The molecule has 1 spiro atoms. The molecule has 0 atom stereocenters. The fourth-order valence-electron chi connectivity index (χ4n) is 5.78. The molecular formula is C26H31F2N3O3S. The third kappa shape index (κ3) is 4.44. The topological polar surface area (TPSA) is 78.5 Å². The number of Topliss-reactive ketones (excluding diaryl/α,β-unsaturated/α-hetero) is 1. The van der Waals surface area contributed by atoms with Gasteiger partial charge in [-0.2, -0.15) is 0 Å². The predicted octanol–water partition coefficient (Wildman–Crippen LogP) is 4.60. The minimum atomic E-state index is -4.29. The predicted molar refractivity (Wildman–Crippen MR) is 131 cm³/mol. The molecular weight excluding hydrogens is 472 g/mol. The van der Waals surface area contributed by atoms with Gasteiger partial charge in [0.05, 0.1) is 11.1 Å². The molecule has 2 N–H and O–H groups in total. The number of likely N-dealkylation sites (tertiary alicyclic amines) is 1. The number of sulfonamides is 1. The lowest BCUT2D eigenvalue weighted by atomic mass is 9.64. The monoisotopic (exact) mass is 503 g/mol. The number of nitrogens with one attached hydrogen (secondary N) is 2. The molecule has 1 aliphatic heterocycles. The lowest BCUT2D eigenvalue weighted by molar-refractivity contribution is -0.125. The highest BCUT2D eigenvalue weighted by atomic mass is 32.2. The van der Waals surface area contributed by atoms with Crippen LogP contribution < -0.4 is 10.0 Å². The number of ketones is 1. The van der Waals surface area contributed by atoms with Crippen LogP contribution in [0.5, 0.6) is 0 Å².